The molecule has 2 atom stereocenters. The third kappa shape index (κ3) is 2.14. The lowest BCUT2D eigenvalue weighted by molar-refractivity contribution is 0.372. The molecule has 0 saturated heterocycles. The molecule has 84 valence electrons. The molecule has 0 fully saturated rings. The molecule has 3 heteroatoms. The number of hydrogen-bond acceptors (Lipinski definition) is 2. The van der Waals surface area contributed by atoms with Crippen LogP contribution < -0.4 is 5.32 Å². The van der Waals surface area contributed by atoms with Crippen LogP contribution in [-0.4, -0.2) is 16.8 Å². The molecule has 0 saturated carbocycles. The molecule has 1 N–H and O–H groups in total. The van der Waals surface area contributed by atoms with E-state index in [2.05, 4.69) is 41.6 Å². The Labute approximate surface area is 96.1 Å². The third-order valence-corrected chi connectivity index (χ3v) is 2.89. The average molecular weight is 215 g/mol. The van der Waals surface area contributed by atoms with Crippen molar-refractivity contribution >= 4 is 0 Å². The van der Waals surface area contributed by atoms with Crippen LogP contribution in [0.4, 0.5) is 0 Å². The normalized spacial score (nSPS) is 14.6. The Bertz CT molecular complexity index is 408. The molecule has 2 rings (SSSR count). The summed E-state index contributed by atoms with van der Waals surface area (Å²) in [5.41, 5.74) is 1.29. The summed E-state index contributed by atoms with van der Waals surface area (Å²) in [6.07, 6.45) is 3.81. The highest BCUT2D eigenvalue weighted by Gasteiger charge is 2.18. The Morgan fingerprint density at radius 1 is 1.19 bits per heavy atom. The van der Waals surface area contributed by atoms with Gasteiger partial charge in [0, 0.05) is 12.4 Å². The van der Waals surface area contributed by atoms with Crippen LogP contribution in [0.25, 0.3) is 0 Å². The predicted octanol–water partition coefficient (Wildman–Crippen LogP) is 2.40. The van der Waals surface area contributed by atoms with Crippen molar-refractivity contribution in [2.45, 2.75) is 19.0 Å². The molecule has 0 radical (unpaired) electrons. The summed E-state index contributed by atoms with van der Waals surface area (Å²) in [4.78, 5) is 0. The van der Waals surface area contributed by atoms with Gasteiger partial charge in [-0.3, -0.25) is 4.68 Å². The minimum absolute atomic E-state index is 0.279. The first-order chi connectivity index (χ1) is 7.83. The van der Waals surface area contributed by atoms with Gasteiger partial charge >= 0.3 is 0 Å². The van der Waals surface area contributed by atoms with Gasteiger partial charge < -0.3 is 5.32 Å². The van der Waals surface area contributed by atoms with Crippen LogP contribution in [-0.2, 0) is 0 Å². The van der Waals surface area contributed by atoms with Gasteiger partial charge in [0.15, 0.2) is 0 Å². The molecule has 0 bridgehead atoms. The maximum atomic E-state index is 4.29. The van der Waals surface area contributed by atoms with Crippen molar-refractivity contribution in [1.82, 2.24) is 15.1 Å². The first kappa shape index (κ1) is 10.9. The van der Waals surface area contributed by atoms with E-state index >= 15 is 0 Å². The maximum absolute atomic E-state index is 4.29. The third-order valence-electron chi connectivity index (χ3n) is 2.89. The van der Waals surface area contributed by atoms with E-state index in [1.54, 1.807) is 0 Å². The Hall–Kier alpha value is -1.61. The maximum Gasteiger partial charge on any atom is 0.0685 e. The summed E-state index contributed by atoms with van der Waals surface area (Å²) in [5.74, 6) is 0. The van der Waals surface area contributed by atoms with Gasteiger partial charge in [0.1, 0.15) is 0 Å². The van der Waals surface area contributed by atoms with E-state index in [0.29, 0.717) is 6.04 Å². The van der Waals surface area contributed by atoms with Crippen molar-refractivity contribution in [3.05, 3.63) is 54.4 Å². The van der Waals surface area contributed by atoms with Crippen LogP contribution in [0.15, 0.2) is 48.8 Å². The zero-order valence-electron chi connectivity index (χ0n) is 9.67. The molecule has 2 unspecified atom stereocenters. The molecule has 0 aliphatic rings. The summed E-state index contributed by atoms with van der Waals surface area (Å²) < 4.78 is 1.98. The quantitative estimate of drug-likeness (QED) is 0.848. The van der Waals surface area contributed by atoms with Gasteiger partial charge in [-0.25, -0.2) is 0 Å². The SMILES string of the molecule is CNC(c1ccccc1)C(C)n1cccn1. The minimum Gasteiger partial charge on any atom is -0.311 e. The van der Waals surface area contributed by atoms with E-state index in [1.807, 2.05) is 36.3 Å². The Kier molecular flexibility index (Phi) is 3.37. The van der Waals surface area contributed by atoms with Crippen LogP contribution >= 0.6 is 0 Å². The number of hydrogen-bond donors (Lipinski definition) is 1. The van der Waals surface area contributed by atoms with Gasteiger partial charge in [-0.1, -0.05) is 30.3 Å². The lowest BCUT2D eigenvalue weighted by Crippen LogP contribution is -2.26. The standard InChI is InChI=1S/C13H17N3/c1-11(16-10-6-9-15-16)13(14-2)12-7-4-3-5-8-12/h3-11,13-14H,1-2H3. The molecule has 0 amide bonds. The second kappa shape index (κ2) is 4.94. The second-order valence-corrected chi connectivity index (χ2v) is 3.90. The molecule has 1 aromatic carbocycles. The van der Waals surface area contributed by atoms with Crippen LogP contribution in [0.3, 0.4) is 0 Å². The van der Waals surface area contributed by atoms with Crippen molar-refractivity contribution in [3.63, 3.8) is 0 Å². The second-order valence-electron chi connectivity index (χ2n) is 3.90. The van der Waals surface area contributed by atoms with Gasteiger partial charge in [0.25, 0.3) is 0 Å². The molecular weight excluding hydrogens is 198 g/mol. The zero-order chi connectivity index (χ0) is 11.4. The summed E-state index contributed by atoms with van der Waals surface area (Å²) >= 11 is 0. The average Bonchev–Trinajstić information content (AvgIpc) is 2.85. The summed E-state index contributed by atoms with van der Waals surface area (Å²) in [5, 5.41) is 7.63. The van der Waals surface area contributed by atoms with Crippen LogP contribution in [0.1, 0.15) is 24.6 Å². The van der Waals surface area contributed by atoms with Crippen molar-refractivity contribution in [2.24, 2.45) is 0 Å². The lowest BCUT2D eigenvalue weighted by Gasteiger charge is -2.24. The van der Waals surface area contributed by atoms with E-state index in [-0.39, 0.29) is 6.04 Å². The molecule has 0 spiro atoms. The van der Waals surface area contributed by atoms with Gasteiger partial charge in [-0.2, -0.15) is 5.10 Å². The highest BCUT2D eigenvalue weighted by Crippen LogP contribution is 2.24. The Morgan fingerprint density at radius 3 is 2.50 bits per heavy atom. The van der Waals surface area contributed by atoms with Crippen LogP contribution in [0.5, 0.6) is 0 Å². The molecule has 1 heterocycles. The van der Waals surface area contributed by atoms with Crippen molar-refractivity contribution in [1.29, 1.82) is 0 Å². The van der Waals surface area contributed by atoms with E-state index in [9.17, 15) is 0 Å². The van der Waals surface area contributed by atoms with Crippen LogP contribution in [0.2, 0.25) is 0 Å². The largest absolute Gasteiger partial charge is 0.311 e. The smallest absolute Gasteiger partial charge is 0.0685 e. The fourth-order valence-electron chi connectivity index (χ4n) is 2.02. The molecule has 0 aliphatic carbocycles. The lowest BCUT2D eigenvalue weighted by atomic mass is 10.0. The molecule has 3 nitrogen and oxygen atoms in total. The topological polar surface area (TPSA) is 29.9 Å². The molecule has 16 heavy (non-hydrogen) atoms. The van der Waals surface area contributed by atoms with Gasteiger partial charge in [0.2, 0.25) is 0 Å². The van der Waals surface area contributed by atoms with Crippen molar-refractivity contribution < 1.29 is 0 Å². The first-order valence-electron chi connectivity index (χ1n) is 5.54. The number of rotatable bonds is 4. The van der Waals surface area contributed by atoms with E-state index < -0.39 is 0 Å². The molecule has 2 aromatic rings. The van der Waals surface area contributed by atoms with Gasteiger partial charge in [-0.05, 0) is 25.6 Å². The summed E-state index contributed by atoms with van der Waals surface area (Å²) in [6, 6.07) is 13.0. The highest BCUT2D eigenvalue weighted by atomic mass is 15.3. The fourth-order valence-corrected chi connectivity index (χ4v) is 2.02. The summed E-state index contributed by atoms with van der Waals surface area (Å²) in [7, 11) is 1.98. The Morgan fingerprint density at radius 2 is 1.94 bits per heavy atom. The van der Waals surface area contributed by atoms with E-state index in [4.69, 9.17) is 0 Å². The first-order valence-corrected chi connectivity index (χ1v) is 5.54. The number of nitrogens with one attached hydrogen (secondary N) is 1. The number of likely N-dealkylation sites (N-methyl/N-ethyl adjacent to an activating group) is 1. The predicted molar refractivity (Wildman–Crippen MR) is 65.2 cm³/mol. The van der Waals surface area contributed by atoms with Gasteiger partial charge in [-0.15, -0.1) is 0 Å². The fraction of sp³-hybridized carbons (Fsp3) is 0.308. The van der Waals surface area contributed by atoms with Crippen LogP contribution in [0, 0.1) is 0 Å². The number of benzene rings is 1. The van der Waals surface area contributed by atoms with E-state index in [1.165, 1.54) is 5.56 Å². The minimum atomic E-state index is 0.279. The van der Waals surface area contributed by atoms with Crippen molar-refractivity contribution in [2.75, 3.05) is 7.05 Å². The highest BCUT2D eigenvalue weighted by molar-refractivity contribution is 5.20. The zero-order valence-corrected chi connectivity index (χ0v) is 9.67. The Balaban J connectivity index is 2.23. The number of aromatic nitrogens is 2. The summed E-state index contributed by atoms with van der Waals surface area (Å²) in [6.45, 7) is 2.17. The monoisotopic (exact) mass is 215 g/mol. The van der Waals surface area contributed by atoms with Crippen molar-refractivity contribution in [3.8, 4) is 0 Å². The molecule has 1 aromatic heterocycles. The molecule has 0 aliphatic heterocycles. The van der Waals surface area contributed by atoms with E-state index in [0.717, 1.165) is 0 Å². The molecular formula is C13H17N3. The van der Waals surface area contributed by atoms with Gasteiger partial charge in [0.05, 0.1) is 12.1 Å². The number of nitrogens with zero attached hydrogens (tertiary/aromatic N) is 2.